The predicted octanol–water partition coefficient (Wildman–Crippen LogP) is 2.46. The Balaban J connectivity index is 1.78. The van der Waals surface area contributed by atoms with E-state index < -0.39 is 0 Å². The highest BCUT2D eigenvalue weighted by Crippen LogP contribution is 2.32. The van der Waals surface area contributed by atoms with Crippen molar-refractivity contribution >= 4 is 5.91 Å². The predicted molar refractivity (Wildman–Crippen MR) is 74.3 cm³/mol. The molecule has 0 aromatic carbocycles. The van der Waals surface area contributed by atoms with Gasteiger partial charge in [-0.25, -0.2) is 0 Å². The number of amides is 1. The van der Waals surface area contributed by atoms with E-state index in [0.29, 0.717) is 18.0 Å². The molecule has 0 radical (unpaired) electrons. The van der Waals surface area contributed by atoms with Gasteiger partial charge in [0.05, 0.1) is 0 Å². The summed E-state index contributed by atoms with van der Waals surface area (Å²) in [6.45, 7) is 8.61. The lowest BCUT2D eigenvalue weighted by atomic mass is 9.86. The minimum absolute atomic E-state index is 0.142. The van der Waals surface area contributed by atoms with Crippen LogP contribution in [-0.2, 0) is 4.79 Å². The molecule has 1 amide bonds. The van der Waals surface area contributed by atoms with E-state index in [1.165, 1.54) is 25.7 Å². The van der Waals surface area contributed by atoms with Crippen molar-refractivity contribution in [2.24, 2.45) is 11.3 Å². The standard InChI is InChI=1S/C15H28N2O/c1-10(15(2,3)4)16-14(18)9-11-7-12-5-6-13(8-11)17-12/h10-13,17H,5-9H2,1-4H3,(H,16,18). The molecule has 0 spiro atoms. The Morgan fingerprint density at radius 1 is 1.28 bits per heavy atom. The zero-order valence-corrected chi connectivity index (χ0v) is 12.3. The molecule has 2 saturated heterocycles. The van der Waals surface area contributed by atoms with Crippen molar-refractivity contribution in [2.75, 3.05) is 0 Å². The molecule has 2 heterocycles. The average Bonchev–Trinajstić information content (AvgIpc) is 2.56. The largest absolute Gasteiger partial charge is 0.353 e. The summed E-state index contributed by atoms with van der Waals surface area (Å²) in [4.78, 5) is 12.1. The van der Waals surface area contributed by atoms with E-state index in [9.17, 15) is 4.79 Å². The molecule has 3 heteroatoms. The van der Waals surface area contributed by atoms with Crippen LogP contribution in [0.1, 0.15) is 59.8 Å². The minimum Gasteiger partial charge on any atom is -0.353 e. The third kappa shape index (κ3) is 3.47. The molecule has 2 fully saturated rings. The fourth-order valence-corrected chi connectivity index (χ4v) is 3.12. The van der Waals surface area contributed by atoms with E-state index in [4.69, 9.17) is 0 Å². The maximum atomic E-state index is 12.1. The van der Waals surface area contributed by atoms with Crippen molar-refractivity contribution in [3.8, 4) is 0 Å². The molecule has 2 N–H and O–H groups in total. The molecule has 3 unspecified atom stereocenters. The van der Waals surface area contributed by atoms with E-state index in [-0.39, 0.29) is 17.4 Å². The third-order valence-electron chi connectivity index (χ3n) is 4.72. The minimum atomic E-state index is 0.142. The van der Waals surface area contributed by atoms with Crippen LogP contribution in [0.2, 0.25) is 0 Å². The molecule has 104 valence electrons. The number of carbonyl (C=O) groups excluding carboxylic acids is 1. The normalized spacial score (nSPS) is 33.2. The second-order valence-corrected chi connectivity index (χ2v) is 7.33. The number of nitrogens with one attached hydrogen (secondary N) is 2. The second kappa shape index (κ2) is 5.20. The van der Waals surface area contributed by atoms with Crippen molar-refractivity contribution in [2.45, 2.75) is 77.9 Å². The molecular formula is C15H28N2O. The van der Waals surface area contributed by atoms with Crippen LogP contribution in [0, 0.1) is 11.3 Å². The molecule has 0 saturated carbocycles. The van der Waals surface area contributed by atoms with Crippen molar-refractivity contribution in [3.05, 3.63) is 0 Å². The fourth-order valence-electron chi connectivity index (χ4n) is 3.12. The first-order valence-electron chi connectivity index (χ1n) is 7.40. The van der Waals surface area contributed by atoms with Crippen LogP contribution in [0.15, 0.2) is 0 Å². The molecule has 2 aliphatic heterocycles. The zero-order valence-electron chi connectivity index (χ0n) is 12.3. The Kier molecular flexibility index (Phi) is 4.00. The molecule has 3 atom stereocenters. The van der Waals surface area contributed by atoms with Gasteiger partial charge in [0.1, 0.15) is 0 Å². The highest BCUT2D eigenvalue weighted by molar-refractivity contribution is 5.76. The molecule has 0 aromatic heterocycles. The van der Waals surface area contributed by atoms with Crippen LogP contribution in [0.5, 0.6) is 0 Å². The van der Waals surface area contributed by atoms with Gasteiger partial charge in [-0.05, 0) is 43.9 Å². The summed E-state index contributed by atoms with van der Waals surface area (Å²) < 4.78 is 0. The molecule has 2 rings (SSSR count). The lowest BCUT2D eigenvalue weighted by molar-refractivity contribution is -0.123. The van der Waals surface area contributed by atoms with Gasteiger partial charge in [0.15, 0.2) is 0 Å². The SMILES string of the molecule is CC(NC(=O)CC1CC2CCC(C1)N2)C(C)(C)C. The van der Waals surface area contributed by atoms with Crippen LogP contribution >= 0.6 is 0 Å². The summed E-state index contributed by atoms with van der Waals surface area (Å²) in [7, 11) is 0. The fraction of sp³-hybridized carbons (Fsp3) is 0.933. The van der Waals surface area contributed by atoms with Gasteiger partial charge in [-0.2, -0.15) is 0 Å². The summed E-state index contributed by atoms with van der Waals surface area (Å²) in [6, 6.07) is 1.60. The van der Waals surface area contributed by atoms with Crippen molar-refractivity contribution in [1.29, 1.82) is 0 Å². The molecule has 0 aliphatic carbocycles. The third-order valence-corrected chi connectivity index (χ3v) is 4.72. The van der Waals surface area contributed by atoms with Gasteiger partial charge in [-0.15, -0.1) is 0 Å². The quantitative estimate of drug-likeness (QED) is 0.810. The number of rotatable bonds is 3. The van der Waals surface area contributed by atoms with Gasteiger partial charge in [0.2, 0.25) is 5.91 Å². The first kappa shape index (κ1) is 13.9. The van der Waals surface area contributed by atoms with Crippen molar-refractivity contribution in [1.82, 2.24) is 10.6 Å². The Bertz CT molecular complexity index is 296. The van der Waals surface area contributed by atoms with E-state index in [2.05, 4.69) is 38.3 Å². The Morgan fingerprint density at radius 2 is 1.83 bits per heavy atom. The summed E-state index contributed by atoms with van der Waals surface area (Å²) in [6.07, 6.45) is 5.71. The maximum absolute atomic E-state index is 12.1. The van der Waals surface area contributed by atoms with E-state index >= 15 is 0 Å². The Hall–Kier alpha value is -0.570. The first-order valence-corrected chi connectivity index (χ1v) is 7.40. The van der Waals surface area contributed by atoms with Crippen molar-refractivity contribution in [3.63, 3.8) is 0 Å². The molecular weight excluding hydrogens is 224 g/mol. The summed E-state index contributed by atoms with van der Waals surface area (Å²) in [5.74, 6) is 0.833. The van der Waals surface area contributed by atoms with Crippen molar-refractivity contribution < 1.29 is 4.79 Å². The number of piperidine rings is 1. The Labute approximate surface area is 111 Å². The van der Waals surface area contributed by atoms with Crippen LogP contribution in [0.4, 0.5) is 0 Å². The van der Waals surface area contributed by atoms with Gasteiger partial charge >= 0.3 is 0 Å². The van der Waals surface area contributed by atoms with E-state index in [1.807, 2.05) is 0 Å². The van der Waals surface area contributed by atoms with Gasteiger partial charge in [-0.1, -0.05) is 20.8 Å². The summed E-state index contributed by atoms with van der Waals surface area (Å²) >= 11 is 0. The zero-order chi connectivity index (χ0) is 13.3. The highest BCUT2D eigenvalue weighted by atomic mass is 16.1. The monoisotopic (exact) mass is 252 g/mol. The van der Waals surface area contributed by atoms with Crippen LogP contribution in [0.25, 0.3) is 0 Å². The molecule has 0 aromatic rings. The number of carbonyl (C=O) groups is 1. The van der Waals surface area contributed by atoms with Crippen LogP contribution in [-0.4, -0.2) is 24.0 Å². The van der Waals surface area contributed by atoms with Gasteiger partial charge in [0, 0.05) is 24.5 Å². The molecule has 18 heavy (non-hydrogen) atoms. The lowest BCUT2D eigenvalue weighted by Crippen LogP contribution is -2.44. The summed E-state index contributed by atoms with van der Waals surface area (Å²) in [5.41, 5.74) is 0.142. The van der Waals surface area contributed by atoms with Gasteiger partial charge in [-0.3, -0.25) is 4.79 Å². The van der Waals surface area contributed by atoms with Gasteiger partial charge in [0.25, 0.3) is 0 Å². The Morgan fingerprint density at radius 3 is 2.33 bits per heavy atom. The van der Waals surface area contributed by atoms with E-state index in [1.54, 1.807) is 0 Å². The molecule has 2 aliphatic rings. The smallest absolute Gasteiger partial charge is 0.220 e. The number of fused-ring (bicyclic) bond motifs is 2. The average molecular weight is 252 g/mol. The number of hydrogen-bond acceptors (Lipinski definition) is 2. The topological polar surface area (TPSA) is 41.1 Å². The highest BCUT2D eigenvalue weighted by Gasteiger charge is 2.34. The molecule has 2 bridgehead atoms. The number of hydrogen-bond donors (Lipinski definition) is 2. The first-order chi connectivity index (χ1) is 8.34. The van der Waals surface area contributed by atoms with E-state index in [0.717, 1.165) is 6.42 Å². The molecule has 3 nitrogen and oxygen atoms in total. The van der Waals surface area contributed by atoms with Crippen LogP contribution in [0.3, 0.4) is 0 Å². The van der Waals surface area contributed by atoms with Crippen LogP contribution < -0.4 is 10.6 Å². The second-order valence-electron chi connectivity index (χ2n) is 7.33. The summed E-state index contributed by atoms with van der Waals surface area (Å²) in [5, 5.41) is 6.78. The maximum Gasteiger partial charge on any atom is 0.220 e. The van der Waals surface area contributed by atoms with Gasteiger partial charge < -0.3 is 10.6 Å². The lowest BCUT2D eigenvalue weighted by Gasteiger charge is -2.31.